The van der Waals surface area contributed by atoms with Crippen LogP contribution < -0.4 is 16.4 Å². The molecule has 2 amide bonds. The SMILES string of the molecule is CC1(C)Cc2c(sc(NC(=O)C(=O)NCCCN)c2C#N)CO1. The van der Waals surface area contributed by atoms with Crippen molar-refractivity contribution >= 4 is 28.2 Å². The van der Waals surface area contributed by atoms with Crippen molar-refractivity contribution in [1.29, 1.82) is 5.26 Å². The van der Waals surface area contributed by atoms with Gasteiger partial charge in [0, 0.05) is 17.8 Å². The van der Waals surface area contributed by atoms with Gasteiger partial charge >= 0.3 is 11.8 Å². The number of fused-ring (bicyclic) bond motifs is 1. The van der Waals surface area contributed by atoms with E-state index in [4.69, 9.17) is 10.5 Å². The quantitative estimate of drug-likeness (QED) is 0.557. The number of nitriles is 1. The average Bonchev–Trinajstić information content (AvgIpc) is 2.82. The number of nitrogens with one attached hydrogen (secondary N) is 2. The molecule has 0 atom stereocenters. The summed E-state index contributed by atoms with van der Waals surface area (Å²) >= 11 is 1.28. The standard InChI is InChI=1S/C15H20N4O3S/c1-15(2)6-9-10(7-17)14(23-11(9)8-22-15)19-13(21)12(20)18-5-3-4-16/h3-6,8,16H2,1-2H3,(H,18,20)(H,19,21). The first-order chi connectivity index (χ1) is 10.9. The Morgan fingerprint density at radius 1 is 1.43 bits per heavy atom. The molecule has 0 unspecified atom stereocenters. The summed E-state index contributed by atoms with van der Waals surface area (Å²) in [7, 11) is 0. The number of carbonyl (C=O) groups excluding carboxylic acids is 2. The van der Waals surface area contributed by atoms with E-state index in [2.05, 4.69) is 16.7 Å². The zero-order chi connectivity index (χ0) is 17.0. The molecule has 0 saturated heterocycles. The van der Waals surface area contributed by atoms with Gasteiger partial charge in [-0.3, -0.25) is 9.59 Å². The summed E-state index contributed by atoms with van der Waals surface area (Å²) in [6.07, 6.45) is 1.20. The van der Waals surface area contributed by atoms with Gasteiger partial charge < -0.3 is 21.1 Å². The van der Waals surface area contributed by atoms with E-state index in [0.717, 1.165) is 10.4 Å². The van der Waals surface area contributed by atoms with Crippen molar-refractivity contribution in [1.82, 2.24) is 5.32 Å². The minimum absolute atomic E-state index is 0.344. The minimum Gasteiger partial charge on any atom is -0.370 e. The molecule has 0 spiro atoms. The van der Waals surface area contributed by atoms with Gasteiger partial charge in [-0.2, -0.15) is 5.26 Å². The molecule has 1 aliphatic heterocycles. The number of nitrogens with two attached hydrogens (primary N) is 1. The molecule has 1 aromatic rings. The maximum atomic E-state index is 11.9. The minimum atomic E-state index is -0.780. The van der Waals surface area contributed by atoms with E-state index in [1.54, 1.807) is 0 Å². The Morgan fingerprint density at radius 3 is 2.83 bits per heavy atom. The summed E-state index contributed by atoms with van der Waals surface area (Å²) in [5, 5.41) is 14.8. The zero-order valence-corrected chi connectivity index (χ0v) is 14.0. The van der Waals surface area contributed by atoms with Gasteiger partial charge in [0.15, 0.2) is 0 Å². The largest absolute Gasteiger partial charge is 0.370 e. The fourth-order valence-corrected chi connectivity index (χ4v) is 3.38. The first-order valence-corrected chi connectivity index (χ1v) is 8.17. The van der Waals surface area contributed by atoms with Gasteiger partial charge in [-0.1, -0.05) is 0 Å². The van der Waals surface area contributed by atoms with Crippen LogP contribution in [0.1, 0.15) is 36.3 Å². The Morgan fingerprint density at radius 2 is 2.17 bits per heavy atom. The van der Waals surface area contributed by atoms with Gasteiger partial charge in [-0.25, -0.2) is 0 Å². The number of amides is 2. The van der Waals surface area contributed by atoms with Gasteiger partial charge in [0.05, 0.1) is 17.8 Å². The van der Waals surface area contributed by atoms with Crippen LogP contribution in [0, 0.1) is 11.3 Å². The lowest BCUT2D eigenvalue weighted by atomic mass is 9.93. The number of anilines is 1. The molecule has 1 aliphatic rings. The van der Waals surface area contributed by atoms with Gasteiger partial charge in [-0.15, -0.1) is 11.3 Å². The van der Waals surface area contributed by atoms with Gasteiger partial charge in [0.1, 0.15) is 11.1 Å². The summed E-state index contributed by atoms with van der Waals surface area (Å²) in [5.74, 6) is -1.51. The van der Waals surface area contributed by atoms with Crippen LogP contribution in [0.2, 0.25) is 0 Å². The summed E-state index contributed by atoms with van der Waals surface area (Å²) in [4.78, 5) is 24.5. The van der Waals surface area contributed by atoms with Crippen molar-refractivity contribution in [3.8, 4) is 6.07 Å². The van der Waals surface area contributed by atoms with Crippen molar-refractivity contribution in [2.24, 2.45) is 5.73 Å². The number of thiophene rings is 1. The molecule has 0 fully saturated rings. The predicted molar refractivity (Wildman–Crippen MR) is 86.9 cm³/mol. The lowest BCUT2D eigenvalue weighted by molar-refractivity contribution is -0.136. The number of hydrogen-bond acceptors (Lipinski definition) is 6. The molecule has 1 aromatic heterocycles. The highest BCUT2D eigenvalue weighted by Crippen LogP contribution is 2.39. The highest BCUT2D eigenvalue weighted by atomic mass is 32.1. The molecular weight excluding hydrogens is 316 g/mol. The third kappa shape index (κ3) is 4.07. The first kappa shape index (κ1) is 17.4. The second-order valence-electron chi connectivity index (χ2n) is 5.90. The number of nitrogens with zero attached hydrogens (tertiary/aromatic N) is 1. The highest BCUT2D eigenvalue weighted by Gasteiger charge is 2.32. The van der Waals surface area contributed by atoms with E-state index in [9.17, 15) is 14.9 Å². The second kappa shape index (κ2) is 7.08. The van der Waals surface area contributed by atoms with Crippen LogP contribution in [0.5, 0.6) is 0 Å². The van der Waals surface area contributed by atoms with Crippen LogP contribution in [0.4, 0.5) is 5.00 Å². The maximum absolute atomic E-state index is 11.9. The Kier molecular flexibility index (Phi) is 5.36. The smallest absolute Gasteiger partial charge is 0.314 e. The number of rotatable bonds is 4. The summed E-state index contributed by atoms with van der Waals surface area (Å²) in [5.41, 5.74) is 6.30. The highest BCUT2D eigenvalue weighted by molar-refractivity contribution is 7.16. The molecule has 0 saturated carbocycles. The van der Waals surface area contributed by atoms with Crippen molar-refractivity contribution in [3.63, 3.8) is 0 Å². The van der Waals surface area contributed by atoms with Crippen LogP contribution in [0.3, 0.4) is 0 Å². The topological polar surface area (TPSA) is 117 Å². The molecule has 4 N–H and O–H groups in total. The van der Waals surface area contributed by atoms with E-state index in [0.29, 0.717) is 43.1 Å². The van der Waals surface area contributed by atoms with Gasteiger partial charge in [-0.05, 0) is 32.4 Å². The Bertz CT molecular complexity index is 660. The summed E-state index contributed by atoms with van der Waals surface area (Å²) < 4.78 is 5.72. The second-order valence-corrected chi connectivity index (χ2v) is 7.00. The van der Waals surface area contributed by atoms with E-state index in [1.807, 2.05) is 13.8 Å². The van der Waals surface area contributed by atoms with Crippen molar-refractivity contribution in [3.05, 3.63) is 16.0 Å². The predicted octanol–water partition coefficient (Wildman–Crippen LogP) is 0.875. The normalized spacial score (nSPS) is 15.4. The molecule has 8 heteroatoms. The fourth-order valence-electron chi connectivity index (χ4n) is 2.30. The molecule has 0 aliphatic carbocycles. The van der Waals surface area contributed by atoms with Crippen LogP contribution in [0.25, 0.3) is 0 Å². The summed E-state index contributed by atoms with van der Waals surface area (Å²) in [6, 6.07) is 2.13. The fraction of sp³-hybridized carbons (Fsp3) is 0.533. The monoisotopic (exact) mass is 336 g/mol. The van der Waals surface area contributed by atoms with E-state index >= 15 is 0 Å². The van der Waals surface area contributed by atoms with E-state index < -0.39 is 11.8 Å². The molecule has 0 radical (unpaired) electrons. The van der Waals surface area contributed by atoms with Gasteiger partial charge in [0.25, 0.3) is 0 Å². The number of hydrogen-bond donors (Lipinski definition) is 3. The third-order valence-corrected chi connectivity index (χ3v) is 4.62. The number of carbonyl (C=O) groups is 2. The molecule has 23 heavy (non-hydrogen) atoms. The van der Waals surface area contributed by atoms with E-state index in [-0.39, 0.29) is 5.60 Å². The van der Waals surface area contributed by atoms with Crippen LogP contribution in [-0.4, -0.2) is 30.5 Å². The van der Waals surface area contributed by atoms with Crippen molar-refractivity contribution in [2.75, 3.05) is 18.4 Å². The molecule has 7 nitrogen and oxygen atoms in total. The molecule has 0 bridgehead atoms. The summed E-state index contributed by atoms with van der Waals surface area (Å²) in [6.45, 7) is 5.10. The van der Waals surface area contributed by atoms with E-state index in [1.165, 1.54) is 11.3 Å². The lowest BCUT2D eigenvalue weighted by Gasteiger charge is -2.29. The average molecular weight is 336 g/mol. The lowest BCUT2D eigenvalue weighted by Crippen LogP contribution is -2.36. The van der Waals surface area contributed by atoms with Crippen LogP contribution in [-0.2, 0) is 27.4 Å². The third-order valence-electron chi connectivity index (χ3n) is 3.50. The number of ether oxygens (including phenoxy) is 1. The first-order valence-electron chi connectivity index (χ1n) is 7.36. The van der Waals surface area contributed by atoms with Gasteiger partial charge in [0.2, 0.25) is 0 Å². The van der Waals surface area contributed by atoms with Crippen LogP contribution >= 0.6 is 11.3 Å². The zero-order valence-electron chi connectivity index (χ0n) is 13.2. The maximum Gasteiger partial charge on any atom is 0.314 e. The van der Waals surface area contributed by atoms with Crippen LogP contribution in [0.15, 0.2) is 0 Å². The molecule has 0 aromatic carbocycles. The molecule has 124 valence electrons. The molecular formula is C15H20N4O3S. The Labute approximate surface area is 138 Å². The molecule has 2 rings (SSSR count). The van der Waals surface area contributed by atoms with Crippen molar-refractivity contribution < 1.29 is 14.3 Å². The van der Waals surface area contributed by atoms with Crippen molar-refractivity contribution in [2.45, 2.75) is 38.9 Å². The Balaban J connectivity index is 2.12. The Hall–Kier alpha value is -1.95. The molecule has 2 heterocycles.